The number of benzene rings is 4. The molecule has 0 aliphatic heterocycles. The molecule has 4 aromatic heterocycles. The Balaban J connectivity index is 0.000000184. The van der Waals surface area contributed by atoms with Crippen LogP contribution in [0.25, 0.3) is 21.8 Å². The minimum Gasteiger partial charge on any atom is -0.495 e. The molecule has 0 aliphatic carbocycles. The number of ether oxygens (including phenoxy) is 2. The normalized spacial score (nSPS) is 10.8. The van der Waals surface area contributed by atoms with E-state index in [0.717, 1.165) is 22.2 Å². The van der Waals surface area contributed by atoms with Gasteiger partial charge in [0.25, 0.3) is 23.4 Å². The van der Waals surface area contributed by atoms with Crippen molar-refractivity contribution in [2.75, 3.05) is 24.9 Å². The van der Waals surface area contributed by atoms with Crippen molar-refractivity contribution >= 4 is 91.4 Å². The number of carbonyl (C=O) groups is 4. The fraction of sp³-hybridized carbons (Fsp3) is 0.0870. The number of aromatic nitrogens is 4. The number of pyridine rings is 2. The molecule has 0 aliphatic rings. The largest absolute Gasteiger partial charge is 0.495 e. The van der Waals surface area contributed by atoms with Gasteiger partial charge < -0.3 is 29.2 Å². The molecule has 0 radical (unpaired) electrons. The second kappa shape index (κ2) is 18.9. The molecule has 2 amide bonds. The maximum absolute atomic E-state index is 13.0. The highest BCUT2D eigenvalue weighted by atomic mass is 35.5. The van der Waals surface area contributed by atoms with Crippen LogP contribution in [0.15, 0.2) is 140 Å². The van der Waals surface area contributed by atoms with Gasteiger partial charge in [-0.25, -0.2) is 4.98 Å². The summed E-state index contributed by atoms with van der Waals surface area (Å²) in [4.78, 5) is 59.0. The van der Waals surface area contributed by atoms with Gasteiger partial charge in [-0.15, -0.1) is 0 Å². The maximum atomic E-state index is 13.0. The van der Waals surface area contributed by atoms with Crippen molar-refractivity contribution < 1.29 is 28.7 Å². The van der Waals surface area contributed by atoms with E-state index in [9.17, 15) is 19.2 Å². The maximum Gasteiger partial charge on any atom is 0.296 e. The van der Waals surface area contributed by atoms with E-state index >= 15 is 0 Å². The summed E-state index contributed by atoms with van der Waals surface area (Å²) in [6.07, 6.45) is 7.90. The first-order valence-electron chi connectivity index (χ1n) is 18.6. The standard InChI is InChI=1S/C23H17Cl2N3O3.C23H18ClN3O3/c1-31-19-4-2-3-17-18(22(29)23(30)27-16-9-10-26-20(25)11-16)13-28(21(17)19)12-14-5-7-15(24)8-6-14;1-30-20-4-2-3-18-19(22(28)23(29)26-17-9-11-25-12-10-17)14-27(21(18)20)13-15-5-7-16(24)8-6-15/h2-11,13H,12H2,1H3,(H,26,27,30);2-12,14H,13H2,1H3,(H,25,26,29). The average Bonchev–Trinajstić information content (AvgIpc) is 3.83. The molecule has 12 nitrogen and oxygen atoms in total. The summed E-state index contributed by atoms with van der Waals surface area (Å²) in [5, 5.41) is 7.97. The first-order valence-corrected chi connectivity index (χ1v) is 19.7. The fourth-order valence-electron chi connectivity index (χ4n) is 6.70. The third-order valence-corrected chi connectivity index (χ3v) is 10.2. The van der Waals surface area contributed by atoms with Crippen molar-refractivity contribution in [2.45, 2.75) is 13.1 Å². The molecule has 4 heterocycles. The molecule has 0 atom stereocenters. The zero-order valence-electron chi connectivity index (χ0n) is 32.6. The topological polar surface area (TPSA) is 146 Å². The Morgan fingerprint density at radius 2 is 1.02 bits per heavy atom. The van der Waals surface area contributed by atoms with E-state index in [-0.39, 0.29) is 10.7 Å². The zero-order valence-corrected chi connectivity index (χ0v) is 34.8. The zero-order chi connectivity index (χ0) is 43.0. The van der Waals surface area contributed by atoms with Crippen molar-refractivity contribution in [1.82, 2.24) is 19.1 Å². The Kier molecular flexibility index (Phi) is 13.1. The molecule has 2 N–H and O–H groups in total. The predicted molar refractivity (Wildman–Crippen MR) is 237 cm³/mol. The summed E-state index contributed by atoms with van der Waals surface area (Å²) in [6, 6.07) is 32.0. The van der Waals surface area contributed by atoms with Gasteiger partial charge in [0.1, 0.15) is 16.7 Å². The molecular formula is C46H35Cl3N6O6. The Labute approximate surface area is 364 Å². The minimum atomic E-state index is -0.768. The lowest BCUT2D eigenvalue weighted by Gasteiger charge is -2.09. The van der Waals surface area contributed by atoms with Gasteiger partial charge in [0.05, 0.1) is 36.4 Å². The van der Waals surface area contributed by atoms with Gasteiger partial charge in [-0.3, -0.25) is 24.2 Å². The fourth-order valence-corrected chi connectivity index (χ4v) is 7.13. The molecule has 8 rings (SSSR count). The van der Waals surface area contributed by atoms with Gasteiger partial charge in [-0.2, -0.15) is 0 Å². The van der Waals surface area contributed by atoms with Crippen molar-refractivity contribution in [3.05, 3.63) is 178 Å². The first-order chi connectivity index (χ1) is 29.5. The van der Waals surface area contributed by atoms with E-state index in [4.69, 9.17) is 44.3 Å². The van der Waals surface area contributed by atoms with Gasteiger partial charge in [-0.05, 0) is 71.8 Å². The Bertz CT molecular complexity index is 2900. The molecule has 61 heavy (non-hydrogen) atoms. The van der Waals surface area contributed by atoms with E-state index in [0.29, 0.717) is 62.3 Å². The van der Waals surface area contributed by atoms with Crippen LogP contribution < -0.4 is 20.1 Å². The predicted octanol–water partition coefficient (Wildman–Crippen LogP) is 9.79. The van der Waals surface area contributed by atoms with Gasteiger partial charge in [0.15, 0.2) is 0 Å². The number of ketones is 2. The molecular weight excluding hydrogens is 839 g/mol. The Morgan fingerprint density at radius 1 is 0.574 bits per heavy atom. The molecule has 0 saturated carbocycles. The third kappa shape index (κ3) is 9.74. The number of carbonyl (C=O) groups excluding carboxylic acids is 4. The van der Waals surface area contributed by atoms with E-state index in [2.05, 4.69) is 20.6 Å². The molecule has 4 aromatic carbocycles. The van der Waals surface area contributed by atoms with Crippen LogP contribution in [0.5, 0.6) is 11.5 Å². The number of rotatable bonds is 12. The summed E-state index contributed by atoms with van der Waals surface area (Å²) < 4.78 is 14.8. The molecule has 0 fully saturated rings. The van der Waals surface area contributed by atoms with Gasteiger partial charge in [-0.1, -0.05) is 83.3 Å². The van der Waals surface area contributed by atoms with Crippen LogP contribution in [0, 0.1) is 0 Å². The number of nitrogens with one attached hydrogen (secondary N) is 2. The van der Waals surface area contributed by atoms with Crippen molar-refractivity contribution in [3.8, 4) is 11.5 Å². The number of amides is 2. The molecule has 0 unspecified atom stereocenters. The number of para-hydroxylation sites is 2. The minimum absolute atomic E-state index is 0.217. The summed E-state index contributed by atoms with van der Waals surface area (Å²) >= 11 is 17.8. The third-order valence-electron chi connectivity index (χ3n) is 9.52. The highest BCUT2D eigenvalue weighted by Crippen LogP contribution is 2.33. The van der Waals surface area contributed by atoms with Crippen LogP contribution in [0.4, 0.5) is 11.4 Å². The molecule has 8 aromatic rings. The molecule has 306 valence electrons. The lowest BCUT2D eigenvalue weighted by molar-refractivity contribution is -0.113. The first kappa shape index (κ1) is 42.1. The Hall–Kier alpha value is -6.99. The van der Waals surface area contributed by atoms with E-state index in [1.807, 2.05) is 63.7 Å². The number of anilines is 2. The van der Waals surface area contributed by atoms with Crippen LogP contribution in [-0.4, -0.2) is 56.7 Å². The SMILES string of the molecule is COc1cccc2c(C(=O)C(=O)Nc3ccnc(Cl)c3)cn(Cc3ccc(Cl)cc3)c12.COc1cccc2c(C(=O)C(=O)Nc3ccncc3)cn(Cc3ccc(Cl)cc3)c12. The van der Waals surface area contributed by atoms with Crippen LogP contribution in [0.3, 0.4) is 0 Å². The summed E-state index contributed by atoms with van der Waals surface area (Å²) in [6.45, 7) is 0.968. The Morgan fingerprint density at radius 3 is 1.46 bits per heavy atom. The van der Waals surface area contributed by atoms with E-state index in [1.54, 1.807) is 87.5 Å². The number of Topliss-reactive ketones (excluding diaryl/α,β-unsaturated/α-hetero) is 2. The number of hydrogen-bond acceptors (Lipinski definition) is 8. The molecule has 0 bridgehead atoms. The van der Waals surface area contributed by atoms with Crippen molar-refractivity contribution in [1.29, 1.82) is 0 Å². The van der Waals surface area contributed by atoms with Crippen LogP contribution in [-0.2, 0) is 22.7 Å². The summed E-state index contributed by atoms with van der Waals surface area (Å²) in [7, 11) is 3.14. The van der Waals surface area contributed by atoms with Crippen molar-refractivity contribution in [2.24, 2.45) is 0 Å². The second-order valence-electron chi connectivity index (χ2n) is 13.5. The molecule has 15 heteroatoms. The molecule has 0 spiro atoms. The quantitative estimate of drug-likeness (QED) is 0.0701. The number of hydrogen-bond donors (Lipinski definition) is 2. The van der Waals surface area contributed by atoms with Crippen LogP contribution in [0.1, 0.15) is 31.8 Å². The number of halogens is 3. The highest BCUT2D eigenvalue weighted by Gasteiger charge is 2.25. The van der Waals surface area contributed by atoms with E-state index in [1.165, 1.54) is 12.3 Å². The number of nitrogens with zero attached hydrogens (tertiary/aromatic N) is 4. The number of fused-ring (bicyclic) bond motifs is 2. The highest BCUT2D eigenvalue weighted by molar-refractivity contribution is 6.49. The average molecular weight is 874 g/mol. The lowest BCUT2D eigenvalue weighted by Crippen LogP contribution is -2.22. The summed E-state index contributed by atoms with van der Waals surface area (Å²) in [5.74, 6) is -1.55. The van der Waals surface area contributed by atoms with Gasteiger partial charge in [0.2, 0.25) is 0 Å². The van der Waals surface area contributed by atoms with Gasteiger partial charge in [0, 0.05) is 76.3 Å². The smallest absolute Gasteiger partial charge is 0.296 e. The number of methoxy groups -OCH3 is 2. The summed E-state index contributed by atoms with van der Waals surface area (Å²) in [5.41, 5.74) is 4.94. The lowest BCUT2D eigenvalue weighted by atomic mass is 10.1. The van der Waals surface area contributed by atoms with Crippen LogP contribution >= 0.6 is 34.8 Å². The van der Waals surface area contributed by atoms with Crippen molar-refractivity contribution in [3.63, 3.8) is 0 Å². The van der Waals surface area contributed by atoms with Gasteiger partial charge >= 0.3 is 0 Å². The second-order valence-corrected chi connectivity index (χ2v) is 14.7. The molecule has 0 saturated heterocycles. The van der Waals surface area contributed by atoms with Crippen LogP contribution in [0.2, 0.25) is 15.2 Å². The van der Waals surface area contributed by atoms with E-state index < -0.39 is 23.4 Å². The monoisotopic (exact) mass is 872 g/mol.